The topological polar surface area (TPSA) is 26.0 Å². The van der Waals surface area contributed by atoms with E-state index in [9.17, 15) is 0 Å². The summed E-state index contributed by atoms with van der Waals surface area (Å²) in [5.41, 5.74) is 7.71. The van der Waals surface area contributed by atoms with Gasteiger partial charge in [-0.1, -0.05) is 25.0 Å². The Morgan fingerprint density at radius 1 is 1.18 bits per heavy atom. The van der Waals surface area contributed by atoms with Gasteiger partial charge in [0.25, 0.3) is 0 Å². The second kappa shape index (κ2) is 4.22. The summed E-state index contributed by atoms with van der Waals surface area (Å²) >= 11 is 0. The van der Waals surface area contributed by atoms with Crippen LogP contribution in [0.5, 0.6) is 0 Å². The van der Waals surface area contributed by atoms with Crippen LogP contribution in [-0.2, 0) is 0 Å². The van der Waals surface area contributed by atoms with E-state index in [1.54, 1.807) is 0 Å². The van der Waals surface area contributed by atoms with Crippen molar-refractivity contribution in [2.45, 2.75) is 38.5 Å². The Morgan fingerprint density at radius 3 is 2.18 bits per heavy atom. The SMILES string of the molecule is C=C(N)C=C1CCCCCC1. The lowest BCUT2D eigenvalue weighted by atomic mass is 10.1. The van der Waals surface area contributed by atoms with Gasteiger partial charge in [-0.25, -0.2) is 0 Å². The Labute approximate surface area is 69.0 Å². The molecule has 0 aromatic rings. The fourth-order valence-electron chi connectivity index (χ4n) is 1.59. The lowest BCUT2D eigenvalue weighted by molar-refractivity contribution is 0.702. The third kappa shape index (κ3) is 3.26. The van der Waals surface area contributed by atoms with Crippen LogP contribution in [-0.4, -0.2) is 0 Å². The van der Waals surface area contributed by atoms with Crippen molar-refractivity contribution in [1.82, 2.24) is 0 Å². The molecule has 11 heavy (non-hydrogen) atoms. The molecule has 62 valence electrons. The van der Waals surface area contributed by atoms with Gasteiger partial charge in [0.05, 0.1) is 0 Å². The molecule has 0 unspecified atom stereocenters. The van der Waals surface area contributed by atoms with E-state index in [2.05, 4.69) is 6.58 Å². The molecule has 0 amide bonds. The van der Waals surface area contributed by atoms with Gasteiger partial charge in [0.15, 0.2) is 0 Å². The highest BCUT2D eigenvalue weighted by molar-refractivity contribution is 5.18. The predicted octanol–water partition coefficient (Wildman–Crippen LogP) is 2.74. The molecule has 1 saturated carbocycles. The van der Waals surface area contributed by atoms with E-state index in [1.807, 2.05) is 6.08 Å². The molecule has 0 bridgehead atoms. The molecule has 1 aliphatic carbocycles. The van der Waals surface area contributed by atoms with Crippen LogP contribution in [0.25, 0.3) is 0 Å². The maximum absolute atomic E-state index is 5.50. The van der Waals surface area contributed by atoms with Gasteiger partial charge >= 0.3 is 0 Å². The van der Waals surface area contributed by atoms with Crippen molar-refractivity contribution in [3.63, 3.8) is 0 Å². The van der Waals surface area contributed by atoms with Gasteiger partial charge < -0.3 is 5.73 Å². The molecule has 0 aromatic carbocycles. The zero-order valence-corrected chi connectivity index (χ0v) is 7.10. The van der Waals surface area contributed by atoms with Crippen molar-refractivity contribution in [3.8, 4) is 0 Å². The highest BCUT2D eigenvalue weighted by atomic mass is 14.5. The summed E-state index contributed by atoms with van der Waals surface area (Å²) in [5.74, 6) is 0. The van der Waals surface area contributed by atoms with Crippen molar-refractivity contribution in [1.29, 1.82) is 0 Å². The molecule has 1 fully saturated rings. The summed E-state index contributed by atoms with van der Waals surface area (Å²) in [4.78, 5) is 0. The summed E-state index contributed by atoms with van der Waals surface area (Å²) in [6.45, 7) is 3.68. The predicted molar refractivity (Wildman–Crippen MR) is 49.1 cm³/mol. The molecule has 1 heteroatoms. The average molecular weight is 151 g/mol. The van der Waals surface area contributed by atoms with Gasteiger partial charge in [-0.05, 0) is 31.8 Å². The zero-order valence-electron chi connectivity index (χ0n) is 7.10. The van der Waals surface area contributed by atoms with Crippen LogP contribution in [0.1, 0.15) is 38.5 Å². The summed E-state index contributed by atoms with van der Waals surface area (Å²) < 4.78 is 0. The highest BCUT2D eigenvalue weighted by Gasteiger charge is 2.03. The largest absolute Gasteiger partial charge is 0.399 e. The number of hydrogen-bond donors (Lipinski definition) is 1. The Kier molecular flexibility index (Phi) is 3.21. The zero-order chi connectivity index (χ0) is 8.10. The first-order valence-corrected chi connectivity index (χ1v) is 4.43. The van der Waals surface area contributed by atoms with E-state index >= 15 is 0 Å². The maximum Gasteiger partial charge on any atom is 0.0240 e. The maximum atomic E-state index is 5.50. The Hall–Kier alpha value is -0.720. The minimum Gasteiger partial charge on any atom is -0.399 e. The Balaban J connectivity index is 2.48. The first-order chi connectivity index (χ1) is 5.29. The molecular formula is C10H17N. The monoisotopic (exact) mass is 151 g/mol. The minimum absolute atomic E-state index is 0.710. The quantitative estimate of drug-likeness (QED) is 0.573. The van der Waals surface area contributed by atoms with E-state index in [-0.39, 0.29) is 0 Å². The van der Waals surface area contributed by atoms with Crippen molar-refractivity contribution in [3.05, 3.63) is 23.9 Å². The van der Waals surface area contributed by atoms with E-state index in [0.717, 1.165) is 0 Å². The second-order valence-electron chi connectivity index (χ2n) is 3.29. The molecule has 0 heterocycles. The third-order valence-corrected chi connectivity index (χ3v) is 2.14. The molecule has 1 rings (SSSR count). The normalized spacial score (nSPS) is 19.1. The molecule has 1 nitrogen and oxygen atoms in total. The first-order valence-electron chi connectivity index (χ1n) is 4.43. The average Bonchev–Trinajstić information content (AvgIpc) is 2.14. The Morgan fingerprint density at radius 2 is 1.73 bits per heavy atom. The van der Waals surface area contributed by atoms with Crippen LogP contribution in [0.15, 0.2) is 23.9 Å². The Bertz CT molecular complexity index is 158. The van der Waals surface area contributed by atoms with Gasteiger partial charge in [-0.2, -0.15) is 0 Å². The number of hydrogen-bond acceptors (Lipinski definition) is 1. The lowest BCUT2D eigenvalue weighted by Gasteiger charge is -2.00. The standard InChI is InChI=1S/C10H17N/c1-9(11)8-10-6-4-2-3-5-7-10/h8H,1-7,11H2. The summed E-state index contributed by atoms with van der Waals surface area (Å²) in [5, 5.41) is 0. The van der Waals surface area contributed by atoms with Crippen molar-refractivity contribution in [2.24, 2.45) is 5.73 Å². The fourth-order valence-corrected chi connectivity index (χ4v) is 1.59. The summed E-state index contributed by atoms with van der Waals surface area (Å²) in [7, 11) is 0. The van der Waals surface area contributed by atoms with Gasteiger partial charge in [0.2, 0.25) is 0 Å². The second-order valence-corrected chi connectivity index (χ2v) is 3.29. The van der Waals surface area contributed by atoms with Crippen LogP contribution in [0.3, 0.4) is 0 Å². The van der Waals surface area contributed by atoms with Gasteiger partial charge in [0, 0.05) is 5.70 Å². The van der Waals surface area contributed by atoms with E-state index < -0.39 is 0 Å². The van der Waals surface area contributed by atoms with Crippen molar-refractivity contribution >= 4 is 0 Å². The van der Waals surface area contributed by atoms with Gasteiger partial charge in [-0.15, -0.1) is 0 Å². The third-order valence-electron chi connectivity index (χ3n) is 2.14. The highest BCUT2D eigenvalue weighted by Crippen LogP contribution is 2.22. The first kappa shape index (κ1) is 8.38. The van der Waals surface area contributed by atoms with E-state index in [0.29, 0.717) is 5.70 Å². The van der Waals surface area contributed by atoms with Crippen LogP contribution >= 0.6 is 0 Å². The van der Waals surface area contributed by atoms with Gasteiger partial charge in [0.1, 0.15) is 0 Å². The van der Waals surface area contributed by atoms with E-state index in [1.165, 1.54) is 44.1 Å². The fraction of sp³-hybridized carbons (Fsp3) is 0.600. The van der Waals surface area contributed by atoms with Crippen LogP contribution in [0, 0.1) is 0 Å². The van der Waals surface area contributed by atoms with Crippen molar-refractivity contribution in [2.75, 3.05) is 0 Å². The van der Waals surface area contributed by atoms with Crippen LogP contribution in [0.2, 0.25) is 0 Å². The smallest absolute Gasteiger partial charge is 0.0240 e. The molecular weight excluding hydrogens is 134 g/mol. The summed E-state index contributed by atoms with van der Waals surface area (Å²) in [6, 6.07) is 0. The molecule has 0 saturated heterocycles. The number of nitrogens with two attached hydrogens (primary N) is 1. The molecule has 0 aliphatic heterocycles. The molecule has 2 N–H and O–H groups in total. The molecule has 0 radical (unpaired) electrons. The van der Waals surface area contributed by atoms with Crippen molar-refractivity contribution < 1.29 is 0 Å². The molecule has 0 atom stereocenters. The van der Waals surface area contributed by atoms with Crippen LogP contribution < -0.4 is 5.73 Å². The lowest BCUT2D eigenvalue weighted by Crippen LogP contribution is -1.92. The molecule has 0 spiro atoms. The summed E-state index contributed by atoms with van der Waals surface area (Å²) in [6.07, 6.45) is 9.94. The van der Waals surface area contributed by atoms with Crippen LogP contribution in [0.4, 0.5) is 0 Å². The minimum atomic E-state index is 0.710. The number of rotatable bonds is 1. The van der Waals surface area contributed by atoms with E-state index in [4.69, 9.17) is 5.73 Å². The molecule has 0 aromatic heterocycles. The number of allylic oxidation sites excluding steroid dienone is 2. The van der Waals surface area contributed by atoms with Gasteiger partial charge in [-0.3, -0.25) is 0 Å². The molecule has 1 aliphatic rings.